The summed E-state index contributed by atoms with van der Waals surface area (Å²) in [6.07, 6.45) is 5.07. The van der Waals surface area contributed by atoms with Crippen molar-refractivity contribution >= 4 is 27.5 Å². The number of benzene rings is 1. The highest BCUT2D eigenvalue weighted by Crippen LogP contribution is 2.39. The first-order chi connectivity index (χ1) is 8.35. The van der Waals surface area contributed by atoms with Gasteiger partial charge in [-0.2, -0.15) is 0 Å². The molecule has 1 atom stereocenters. The summed E-state index contributed by atoms with van der Waals surface area (Å²) < 4.78 is 13.9. The minimum absolute atomic E-state index is 0.114. The predicted octanol–water partition coefficient (Wildman–Crippen LogP) is 5.48. The van der Waals surface area contributed by atoms with Crippen LogP contribution in [0.1, 0.15) is 32.3 Å². The van der Waals surface area contributed by atoms with E-state index in [1.54, 1.807) is 0 Å². The van der Waals surface area contributed by atoms with Gasteiger partial charge in [-0.15, -0.1) is 11.6 Å². The molecule has 0 saturated carbocycles. The molecule has 1 aliphatic rings. The standard InChI is InChI=1S/C15H17BrClF/c1-15(2)8-10(6-12(17)9-15)5-11-3-4-13(18)7-14(11)16/h3-4,6-7,12H,5,8-9H2,1-2H3. The second kappa shape index (κ2) is 5.34. The van der Waals surface area contributed by atoms with E-state index in [1.165, 1.54) is 17.7 Å². The Labute approximate surface area is 121 Å². The molecule has 0 spiro atoms. The maximum absolute atomic E-state index is 13.0. The number of halogens is 3. The molecular weight excluding hydrogens is 315 g/mol. The van der Waals surface area contributed by atoms with Gasteiger partial charge < -0.3 is 0 Å². The largest absolute Gasteiger partial charge is 0.207 e. The molecule has 18 heavy (non-hydrogen) atoms. The molecule has 98 valence electrons. The van der Waals surface area contributed by atoms with Crippen molar-refractivity contribution in [3.63, 3.8) is 0 Å². The van der Waals surface area contributed by atoms with Crippen LogP contribution in [0.25, 0.3) is 0 Å². The van der Waals surface area contributed by atoms with E-state index in [4.69, 9.17) is 11.6 Å². The highest BCUT2D eigenvalue weighted by molar-refractivity contribution is 9.10. The first-order valence-electron chi connectivity index (χ1n) is 6.13. The van der Waals surface area contributed by atoms with E-state index < -0.39 is 0 Å². The molecule has 2 rings (SSSR count). The summed E-state index contributed by atoms with van der Waals surface area (Å²) in [4.78, 5) is 0. The number of alkyl halides is 1. The van der Waals surface area contributed by atoms with E-state index in [2.05, 4.69) is 35.9 Å². The zero-order valence-corrected chi connectivity index (χ0v) is 13.0. The molecular formula is C15H17BrClF. The van der Waals surface area contributed by atoms with Crippen LogP contribution in [0.2, 0.25) is 0 Å². The van der Waals surface area contributed by atoms with Gasteiger partial charge in [-0.1, -0.05) is 47.5 Å². The molecule has 1 aromatic carbocycles. The van der Waals surface area contributed by atoms with Crippen LogP contribution >= 0.6 is 27.5 Å². The van der Waals surface area contributed by atoms with Crippen LogP contribution in [0.15, 0.2) is 34.3 Å². The van der Waals surface area contributed by atoms with Crippen LogP contribution in [0.4, 0.5) is 4.39 Å². The van der Waals surface area contributed by atoms with E-state index in [1.807, 2.05) is 6.07 Å². The average Bonchev–Trinajstić information content (AvgIpc) is 2.19. The third-order valence-electron chi connectivity index (χ3n) is 3.30. The Bertz CT molecular complexity index is 479. The fraction of sp³-hybridized carbons (Fsp3) is 0.467. The highest BCUT2D eigenvalue weighted by atomic mass is 79.9. The molecule has 0 nitrogen and oxygen atoms in total. The average molecular weight is 332 g/mol. The molecule has 0 fully saturated rings. The smallest absolute Gasteiger partial charge is 0.124 e. The van der Waals surface area contributed by atoms with Crippen molar-refractivity contribution in [1.29, 1.82) is 0 Å². The maximum Gasteiger partial charge on any atom is 0.124 e. The zero-order valence-electron chi connectivity index (χ0n) is 10.6. The third kappa shape index (κ3) is 3.58. The van der Waals surface area contributed by atoms with Crippen molar-refractivity contribution in [3.05, 3.63) is 45.7 Å². The van der Waals surface area contributed by atoms with Crippen molar-refractivity contribution < 1.29 is 4.39 Å². The fourth-order valence-electron chi connectivity index (χ4n) is 2.62. The number of allylic oxidation sites excluding steroid dienone is 2. The van der Waals surface area contributed by atoms with Gasteiger partial charge in [0.1, 0.15) is 5.82 Å². The van der Waals surface area contributed by atoms with E-state index in [9.17, 15) is 4.39 Å². The number of hydrogen-bond donors (Lipinski definition) is 0. The third-order valence-corrected chi connectivity index (χ3v) is 4.32. The van der Waals surface area contributed by atoms with Gasteiger partial charge in [0, 0.05) is 4.47 Å². The summed E-state index contributed by atoms with van der Waals surface area (Å²) in [5.41, 5.74) is 2.71. The van der Waals surface area contributed by atoms with Crippen molar-refractivity contribution in [2.24, 2.45) is 5.41 Å². The lowest BCUT2D eigenvalue weighted by Gasteiger charge is -2.32. The molecule has 1 aromatic rings. The predicted molar refractivity (Wildman–Crippen MR) is 78.5 cm³/mol. The van der Waals surface area contributed by atoms with Gasteiger partial charge in [0.25, 0.3) is 0 Å². The first-order valence-corrected chi connectivity index (χ1v) is 7.36. The molecule has 0 amide bonds. The summed E-state index contributed by atoms with van der Waals surface area (Å²) in [7, 11) is 0. The first kappa shape index (κ1) is 14.1. The zero-order chi connectivity index (χ0) is 13.3. The Morgan fingerprint density at radius 2 is 2.17 bits per heavy atom. The Morgan fingerprint density at radius 3 is 2.78 bits per heavy atom. The number of rotatable bonds is 2. The fourth-order valence-corrected chi connectivity index (χ4v) is 3.71. The van der Waals surface area contributed by atoms with Crippen LogP contribution in [-0.4, -0.2) is 5.38 Å². The molecule has 0 bridgehead atoms. The molecule has 0 aromatic heterocycles. The molecule has 1 unspecified atom stereocenters. The summed E-state index contributed by atoms with van der Waals surface area (Å²) in [6, 6.07) is 4.86. The van der Waals surface area contributed by atoms with E-state index >= 15 is 0 Å². The van der Waals surface area contributed by atoms with Crippen molar-refractivity contribution in [3.8, 4) is 0 Å². The van der Waals surface area contributed by atoms with Crippen LogP contribution in [0.3, 0.4) is 0 Å². The molecule has 0 saturated heterocycles. The Balaban J connectivity index is 2.18. The van der Waals surface area contributed by atoms with Crippen molar-refractivity contribution in [2.45, 2.75) is 38.5 Å². The lowest BCUT2D eigenvalue weighted by molar-refractivity contribution is 0.320. The molecule has 0 aliphatic heterocycles. The van der Waals surface area contributed by atoms with E-state index in [-0.39, 0.29) is 16.6 Å². The van der Waals surface area contributed by atoms with Gasteiger partial charge in [-0.05, 0) is 42.4 Å². The SMILES string of the molecule is CC1(C)CC(Cc2ccc(F)cc2Br)=CC(Cl)C1. The highest BCUT2D eigenvalue weighted by Gasteiger charge is 2.27. The van der Waals surface area contributed by atoms with Gasteiger partial charge in [0.2, 0.25) is 0 Å². The van der Waals surface area contributed by atoms with Gasteiger partial charge >= 0.3 is 0 Å². The van der Waals surface area contributed by atoms with Crippen LogP contribution in [0.5, 0.6) is 0 Å². The van der Waals surface area contributed by atoms with Crippen LogP contribution in [0, 0.1) is 11.2 Å². The lowest BCUT2D eigenvalue weighted by Crippen LogP contribution is -2.22. The summed E-state index contributed by atoms with van der Waals surface area (Å²) in [5, 5.41) is 0.114. The van der Waals surface area contributed by atoms with Gasteiger partial charge in [0.05, 0.1) is 5.38 Å². The summed E-state index contributed by atoms with van der Waals surface area (Å²) >= 11 is 9.70. The maximum atomic E-state index is 13.0. The molecule has 0 heterocycles. The van der Waals surface area contributed by atoms with Crippen LogP contribution in [-0.2, 0) is 6.42 Å². The monoisotopic (exact) mass is 330 g/mol. The van der Waals surface area contributed by atoms with Gasteiger partial charge in [0.15, 0.2) is 0 Å². The normalized spacial score (nSPS) is 22.7. The molecule has 1 aliphatic carbocycles. The van der Waals surface area contributed by atoms with E-state index in [0.29, 0.717) is 0 Å². The van der Waals surface area contributed by atoms with Crippen molar-refractivity contribution in [1.82, 2.24) is 0 Å². The minimum Gasteiger partial charge on any atom is -0.207 e. The topological polar surface area (TPSA) is 0 Å². The Morgan fingerprint density at radius 1 is 1.44 bits per heavy atom. The van der Waals surface area contributed by atoms with Gasteiger partial charge in [-0.25, -0.2) is 4.39 Å². The summed E-state index contributed by atoms with van der Waals surface area (Å²) in [5.74, 6) is -0.209. The quantitative estimate of drug-likeness (QED) is 0.497. The second-order valence-corrected chi connectivity index (χ2v) is 7.21. The second-order valence-electron chi connectivity index (χ2n) is 5.80. The summed E-state index contributed by atoms with van der Waals surface area (Å²) in [6.45, 7) is 4.49. The minimum atomic E-state index is -0.209. The van der Waals surface area contributed by atoms with Crippen LogP contribution < -0.4 is 0 Å². The van der Waals surface area contributed by atoms with E-state index in [0.717, 1.165) is 29.3 Å². The van der Waals surface area contributed by atoms with Crippen molar-refractivity contribution in [2.75, 3.05) is 0 Å². The Kier molecular flexibility index (Phi) is 4.18. The lowest BCUT2D eigenvalue weighted by atomic mass is 9.76. The Hall–Kier alpha value is -0.340. The molecule has 0 radical (unpaired) electrons. The van der Waals surface area contributed by atoms with Gasteiger partial charge in [-0.3, -0.25) is 0 Å². The number of hydrogen-bond acceptors (Lipinski definition) is 0. The molecule has 0 N–H and O–H groups in total. The molecule has 3 heteroatoms.